The molecule has 134 valence electrons. The van der Waals surface area contributed by atoms with E-state index in [-0.39, 0.29) is 13.1 Å². The highest BCUT2D eigenvalue weighted by molar-refractivity contribution is 5.89. The molecule has 24 heavy (non-hydrogen) atoms. The van der Waals surface area contributed by atoms with Crippen LogP contribution in [0.2, 0.25) is 0 Å². The van der Waals surface area contributed by atoms with Crippen molar-refractivity contribution in [1.29, 1.82) is 0 Å². The molecule has 9 heteroatoms. The number of ether oxygens (including phenoxy) is 1. The third-order valence-electron chi connectivity index (χ3n) is 3.51. The van der Waals surface area contributed by atoms with Gasteiger partial charge in [-0.2, -0.15) is 13.2 Å². The fraction of sp³-hybridized carbons (Fsp3) is 0.600. The second-order valence-electron chi connectivity index (χ2n) is 5.72. The van der Waals surface area contributed by atoms with Gasteiger partial charge in [0.2, 0.25) is 0 Å². The number of amides is 2. The molecule has 0 aromatic carbocycles. The SMILES string of the molecule is CN(CCCNC(=O)Nc1cnc2c(c1)COCC2)CC(F)(F)F. The van der Waals surface area contributed by atoms with Crippen molar-refractivity contribution in [1.82, 2.24) is 15.2 Å². The molecule has 0 aliphatic carbocycles. The van der Waals surface area contributed by atoms with E-state index in [4.69, 9.17) is 4.74 Å². The Hall–Kier alpha value is -1.87. The Labute approximate surface area is 138 Å². The predicted octanol–water partition coefficient (Wildman–Crippen LogP) is 2.16. The van der Waals surface area contributed by atoms with E-state index in [0.29, 0.717) is 25.3 Å². The average Bonchev–Trinajstić information content (AvgIpc) is 2.50. The van der Waals surface area contributed by atoms with Crippen LogP contribution in [0.15, 0.2) is 12.3 Å². The maximum absolute atomic E-state index is 12.2. The van der Waals surface area contributed by atoms with Gasteiger partial charge in [0.05, 0.1) is 31.6 Å². The lowest BCUT2D eigenvalue weighted by molar-refractivity contribution is -0.143. The number of fused-ring (bicyclic) bond motifs is 1. The molecule has 0 fully saturated rings. The van der Waals surface area contributed by atoms with Gasteiger partial charge in [-0.3, -0.25) is 9.88 Å². The van der Waals surface area contributed by atoms with Crippen molar-refractivity contribution in [2.24, 2.45) is 0 Å². The number of aromatic nitrogens is 1. The third-order valence-corrected chi connectivity index (χ3v) is 3.51. The van der Waals surface area contributed by atoms with Crippen LogP contribution in [-0.2, 0) is 17.8 Å². The number of alkyl halides is 3. The van der Waals surface area contributed by atoms with Crippen molar-refractivity contribution in [2.45, 2.75) is 25.6 Å². The van der Waals surface area contributed by atoms with Crippen molar-refractivity contribution in [3.05, 3.63) is 23.5 Å². The number of carbonyl (C=O) groups excluding carboxylic acids is 1. The van der Waals surface area contributed by atoms with Gasteiger partial charge in [0.25, 0.3) is 0 Å². The van der Waals surface area contributed by atoms with Gasteiger partial charge in [-0.1, -0.05) is 0 Å². The Bertz CT molecular complexity index is 566. The molecule has 0 atom stereocenters. The summed E-state index contributed by atoms with van der Waals surface area (Å²) in [7, 11) is 1.40. The van der Waals surface area contributed by atoms with Gasteiger partial charge in [0.1, 0.15) is 0 Å². The summed E-state index contributed by atoms with van der Waals surface area (Å²) in [5, 5.41) is 5.27. The van der Waals surface area contributed by atoms with Gasteiger partial charge in [0, 0.05) is 24.2 Å². The second kappa shape index (κ2) is 8.29. The van der Waals surface area contributed by atoms with Gasteiger partial charge in [0.15, 0.2) is 0 Å². The van der Waals surface area contributed by atoms with Crippen LogP contribution in [0, 0.1) is 0 Å². The summed E-state index contributed by atoms with van der Waals surface area (Å²) in [4.78, 5) is 17.2. The van der Waals surface area contributed by atoms with Crippen LogP contribution in [0.5, 0.6) is 0 Å². The highest BCUT2D eigenvalue weighted by Gasteiger charge is 2.28. The van der Waals surface area contributed by atoms with Crippen molar-refractivity contribution >= 4 is 11.7 Å². The van der Waals surface area contributed by atoms with Crippen molar-refractivity contribution in [3.63, 3.8) is 0 Å². The minimum atomic E-state index is -4.21. The molecule has 0 bridgehead atoms. The van der Waals surface area contributed by atoms with E-state index in [0.717, 1.165) is 17.7 Å². The fourth-order valence-electron chi connectivity index (χ4n) is 2.42. The maximum Gasteiger partial charge on any atom is 0.401 e. The molecule has 2 rings (SSSR count). The highest BCUT2D eigenvalue weighted by atomic mass is 19.4. The minimum Gasteiger partial charge on any atom is -0.376 e. The lowest BCUT2D eigenvalue weighted by atomic mass is 10.1. The van der Waals surface area contributed by atoms with Gasteiger partial charge < -0.3 is 15.4 Å². The van der Waals surface area contributed by atoms with Gasteiger partial charge in [-0.25, -0.2) is 4.79 Å². The molecule has 2 N–H and O–H groups in total. The number of rotatable bonds is 6. The summed E-state index contributed by atoms with van der Waals surface area (Å²) in [6, 6.07) is 1.41. The summed E-state index contributed by atoms with van der Waals surface area (Å²) in [5.74, 6) is 0. The lowest BCUT2D eigenvalue weighted by Crippen LogP contribution is -2.35. The molecule has 2 amide bonds. The van der Waals surface area contributed by atoms with E-state index in [1.165, 1.54) is 11.9 Å². The molecule has 1 aliphatic heterocycles. The normalized spacial score (nSPS) is 14.4. The molecule has 1 aromatic rings. The molecule has 0 spiro atoms. The third kappa shape index (κ3) is 6.32. The van der Waals surface area contributed by atoms with Crippen LogP contribution >= 0.6 is 0 Å². The lowest BCUT2D eigenvalue weighted by Gasteiger charge is -2.18. The van der Waals surface area contributed by atoms with Crippen LogP contribution < -0.4 is 10.6 Å². The molecule has 2 heterocycles. The van der Waals surface area contributed by atoms with E-state index in [2.05, 4.69) is 15.6 Å². The van der Waals surface area contributed by atoms with E-state index < -0.39 is 18.8 Å². The Kier molecular flexibility index (Phi) is 6.38. The van der Waals surface area contributed by atoms with Gasteiger partial charge in [-0.15, -0.1) is 0 Å². The minimum absolute atomic E-state index is 0.248. The monoisotopic (exact) mass is 346 g/mol. The summed E-state index contributed by atoms with van der Waals surface area (Å²) in [6.07, 6.45) is -1.44. The fourth-order valence-corrected chi connectivity index (χ4v) is 2.42. The maximum atomic E-state index is 12.2. The molecule has 0 saturated heterocycles. The van der Waals surface area contributed by atoms with Crippen LogP contribution in [0.3, 0.4) is 0 Å². The first-order valence-electron chi connectivity index (χ1n) is 7.69. The van der Waals surface area contributed by atoms with Crippen LogP contribution in [-0.4, -0.2) is 55.4 Å². The zero-order valence-corrected chi connectivity index (χ0v) is 13.4. The Morgan fingerprint density at radius 3 is 3.00 bits per heavy atom. The molecular formula is C15H21F3N4O2. The summed E-state index contributed by atoms with van der Waals surface area (Å²) in [5.41, 5.74) is 2.48. The Morgan fingerprint density at radius 1 is 1.46 bits per heavy atom. The second-order valence-corrected chi connectivity index (χ2v) is 5.72. The molecule has 1 aromatic heterocycles. The molecule has 0 radical (unpaired) electrons. The average molecular weight is 346 g/mol. The summed E-state index contributed by atoms with van der Waals surface area (Å²) >= 11 is 0. The van der Waals surface area contributed by atoms with Gasteiger partial charge >= 0.3 is 12.2 Å². The van der Waals surface area contributed by atoms with E-state index in [1.54, 1.807) is 6.20 Å². The zero-order valence-electron chi connectivity index (χ0n) is 13.4. The smallest absolute Gasteiger partial charge is 0.376 e. The number of hydrogen-bond acceptors (Lipinski definition) is 4. The molecule has 1 aliphatic rings. The number of hydrogen-bond donors (Lipinski definition) is 2. The Morgan fingerprint density at radius 2 is 2.25 bits per heavy atom. The first kappa shape index (κ1) is 18.5. The summed E-state index contributed by atoms with van der Waals surface area (Å²) in [6.45, 7) is 0.705. The highest BCUT2D eigenvalue weighted by Crippen LogP contribution is 2.18. The van der Waals surface area contributed by atoms with E-state index in [1.807, 2.05) is 6.07 Å². The van der Waals surface area contributed by atoms with Crippen LogP contribution in [0.1, 0.15) is 17.7 Å². The number of pyridine rings is 1. The Balaban J connectivity index is 1.68. The number of urea groups is 1. The van der Waals surface area contributed by atoms with E-state index in [9.17, 15) is 18.0 Å². The number of halogens is 3. The molecule has 0 saturated carbocycles. The number of nitrogens with one attached hydrogen (secondary N) is 2. The first-order valence-corrected chi connectivity index (χ1v) is 7.69. The van der Waals surface area contributed by atoms with Crippen molar-refractivity contribution in [3.8, 4) is 0 Å². The largest absolute Gasteiger partial charge is 0.401 e. The van der Waals surface area contributed by atoms with Crippen LogP contribution in [0.25, 0.3) is 0 Å². The van der Waals surface area contributed by atoms with E-state index >= 15 is 0 Å². The zero-order chi connectivity index (χ0) is 17.6. The molecule has 0 unspecified atom stereocenters. The number of anilines is 1. The summed E-state index contributed by atoms with van der Waals surface area (Å²) < 4.78 is 41.8. The predicted molar refractivity (Wildman–Crippen MR) is 82.8 cm³/mol. The van der Waals surface area contributed by atoms with Crippen molar-refractivity contribution < 1.29 is 22.7 Å². The number of nitrogens with zero attached hydrogens (tertiary/aromatic N) is 2. The molecule has 6 nitrogen and oxygen atoms in total. The van der Waals surface area contributed by atoms with Crippen LogP contribution in [0.4, 0.5) is 23.7 Å². The van der Waals surface area contributed by atoms with Gasteiger partial charge in [-0.05, 0) is 26.1 Å². The standard InChI is InChI=1S/C15H21F3N4O2/c1-22(10-15(16,17)18)5-2-4-19-14(23)21-12-7-11-9-24-6-3-13(11)20-8-12/h7-8H,2-6,9-10H2,1H3,(H2,19,21,23). The van der Waals surface area contributed by atoms with Crippen molar-refractivity contribution in [2.75, 3.05) is 38.6 Å². The quantitative estimate of drug-likeness (QED) is 0.775. The molecular weight excluding hydrogens is 325 g/mol. The topological polar surface area (TPSA) is 66.5 Å². The number of carbonyl (C=O) groups is 1. The first-order chi connectivity index (χ1) is 11.3.